The van der Waals surface area contributed by atoms with Crippen LogP contribution in [-0.2, 0) is 11.3 Å². The van der Waals surface area contributed by atoms with Gasteiger partial charge in [0.15, 0.2) is 0 Å². The molecule has 0 heterocycles. The van der Waals surface area contributed by atoms with E-state index in [0.29, 0.717) is 19.4 Å². The van der Waals surface area contributed by atoms with Crippen LogP contribution in [0.4, 0.5) is 13.6 Å². The Labute approximate surface area is 168 Å². The first-order valence-corrected chi connectivity index (χ1v) is 9.75. The van der Waals surface area contributed by atoms with Crippen molar-refractivity contribution in [1.82, 2.24) is 16.0 Å². The Hall–Kier alpha value is -2.96. The van der Waals surface area contributed by atoms with E-state index >= 15 is 0 Å². The molecule has 0 unspecified atom stereocenters. The molecule has 1 atom stereocenters. The predicted molar refractivity (Wildman–Crippen MR) is 106 cm³/mol. The first kappa shape index (κ1) is 20.8. The van der Waals surface area contributed by atoms with Gasteiger partial charge in [0.05, 0.1) is 6.04 Å². The molecule has 154 valence electrons. The molecule has 1 aliphatic rings. The van der Waals surface area contributed by atoms with Gasteiger partial charge in [0.2, 0.25) is 5.91 Å². The van der Waals surface area contributed by atoms with Gasteiger partial charge in [-0.25, -0.2) is 13.6 Å². The smallest absolute Gasteiger partial charge is 0.315 e. The van der Waals surface area contributed by atoms with Gasteiger partial charge in [-0.1, -0.05) is 49.2 Å². The number of amides is 3. The zero-order valence-electron chi connectivity index (χ0n) is 16.3. The van der Waals surface area contributed by atoms with Crippen molar-refractivity contribution in [2.45, 2.75) is 50.7 Å². The molecule has 3 rings (SSSR count). The summed E-state index contributed by atoms with van der Waals surface area (Å²) >= 11 is 0. The van der Waals surface area contributed by atoms with Crippen LogP contribution in [0, 0.1) is 11.6 Å². The Kier molecular flexibility index (Phi) is 6.46. The summed E-state index contributed by atoms with van der Waals surface area (Å²) in [5.74, 6) is -1.75. The summed E-state index contributed by atoms with van der Waals surface area (Å²) in [5.41, 5.74) is 0.111. The van der Waals surface area contributed by atoms with Crippen molar-refractivity contribution in [3.63, 3.8) is 0 Å². The monoisotopic (exact) mass is 401 g/mol. The number of nitrogens with one attached hydrogen (secondary N) is 3. The third-order valence-electron chi connectivity index (χ3n) is 5.32. The molecule has 1 aliphatic carbocycles. The number of carbonyl (C=O) groups excluding carboxylic acids is 2. The van der Waals surface area contributed by atoms with Crippen LogP contribution in [-0.4, -0.2) is 17.5 Å². The van der Waals surface area contributed by atoms with Crippen LogP contribution in [0.15, 0.2) is 48.5 Å². The average molecular weight is 401 g/mol. The van der Waals surface area contributed by atoms with E-state index in [4.69, 9.17) is 0 Å². The lowest BCUT2D eigenvalue weighted by Gasteiger charge is -2.30. The summed E-state index contributed by atoms with van der Waals surface area (Å²) in [6.45, 7) is 1.98. The number of halogens is 2. The summed E-state index contributed by atoms with van der Waals surface area (Å²) < 4.78 is 27.2. The second-order valence-electron chi connectivity index (χ2n) is 7.44. The number of hydrogen-bond acceptors (Lipinski definition) is 2. The van der Waals surface area contributed by atoms with E-state index in [1.165, 1.54) is 6.07 Å². The summed E-state index contributed by atoms with van der Waals surface area (Å²) in [7, 11) is 0. The molecule has 5 nitrogen and oxygen atoms in total. The van der Waals surface area contributed by atoms with Gasteiger partial charge in [-0.3, -0.25) is 4.79 Å². The zero-order chi connectivity index (χ0) is 20.9. The van der Waals surface area contributed by atoms with Gasteiger partial charge in [-0.15, -0.1) is 0 Å². The number of carbonyl (C=O) groups is 2. The van der Waals surface area contributed by atoms with E-state index < -0.39 is 29.2 Å². The molecule has 29 heavy (non-hydrogen) atoms. The lowest BCUT2D eigenvalue weighted by atomic mass is 9.95. The Morgan fingerprint density at radius 2 is 1.76 bits per heavy atom. The minimum atomic E-state index is -1.04. The molecule has 0 radical (unpaired) electrons. The van der Waals surface area contributed by atoms with Gasteiger partial charge < -0.3 is 16.0 Å². The van der Waals surface area contributed by atoms with Crippen molar-refractivity contribution in [2.24, 2.45) is 0 Å². The lowest BCUT2D eigenvalue weighted by Crippen LogP contribution is -2.59. The van der Waals surface area contributed by atoms with Gasteiger partial charge in [0.1, 0.15) is 17.2 Å². The summed E-state index contributed by atoms with van der Waals surface area (Å²) in [5, 5.41) is 8.38. The number of urea groups is 1. The van der Waals surface area contributed by atoms with E-state index in [1.54, 1.807) is 6.92 Å². The molecule has 0 aliphatic heterocycles. The van der Waals surface area contributed by atoms with E-state index in [2.05, 4.69) is 16.0 Å². The molecule has 0 aromatic heterocycles. The fourth-order valence-electron chi connectivity index (χ4n) is 3.69. The van der Waals surface area contributed by atoms with Crippen LogP contribution in [0.2, 0.25) is 0 Å². The summed E-state index contributed by atoms with van der Waals surface area (Å²) in [4.78, 5) is 25.4. The molecular weight excluding hydrogens is 376 g/mol. The van der Waals surface area contributed by atoms with Crippen molar-refractivity contribution in [2.75, 3.05) is 0 Å². The van der Waals surface area contributed by atoms with Crippen LogP contribution in [0.1, 0.15) is 49.8 Å². The first-order chi connectivity index (χ1) is 13.9. The quantitative estimate of drug-likeness (QED) is 0.686. The number of hydrogen-bond donors (Lipinski definition) is 3. The van der Waals surface area contributed by atoms with Crippen LogP contribution < -0.4 is 16.0 Å². The molecule has 7 heteroatoms. The van der Waals surface area contributed by atoms with E-state index in [9.17, 15) is 18.4 Å². The Morgan fingerprint density at radius 3 is 2.41 bits per heavy atom. The maximum absolute atomic E-state index is 14.0. The van der Waals surface area contributed by atoms with Crippen LogP contribution in [0.5, 0.6) is 0 Å². The van der Waals surface area contributed by atoms with Crippen LogP contribution in [0.25, 0.3) is 0 Å². The van der Waals surface area contributed by atoms with E-state index in [0.717, 1.165) is 30.5 Å². The molecule has 3 N–H and O–H groups in total. The molecule has 1 fully saturated rings. The topological polar surface area (TPSA) is 70.2 Å². The zero-order valence-corrected chi connectivity index (χ0v) is 16.3. The molecule has 1 saturated carbocycles. The fraction of sp³-hybridized carbons (Fsp3) is 0.364. The Morgan fingerprint density at radius 1 is 1.07 bits per heavy atom. The van der Waals surface area contributed by atoms with Gasteiger partial charge in [0, 0.05) is 18.2 Å². The Balaban J connectivity index is 1.64. The largest absolute Gasteiger partial charge is 0.347 e. The van der Waals surface area contributed by atoms with Crippen molar-refractivity contribution >= 4 is 11.9 Å². The normalized spacial score (nSPS) is 16.1. The third-order valence-corrected chi connectivity index (χ3v) is 5.32. The standard InChI is InChI=1S/C22H25F2N3O2/c1-15(18-10-9-17(23)13-19(18)24)26-20(28)22(11-5-6-12-22)27-21(29)25-14-16-7-3-2-4-8-16/h2-4,7-10,13,15H,5-6,11-12,14H2,1H3,(H,26,28)(H2,25,27,29)/t15-/m1/s1. The van der Waals surface area contributed by atoms with Crippen molar-refractivity contribution in [1.29, 1.82) is 0 Å². The van der Waals surface area contributed by atoms with Crippen molar-refractivity contribution in [3.05, 3.63) is 71.3 Å². The molecule has 0 bridgehead atoms. The molecule has 0 saturated heterocycles. The highest BCUT2D eigenvalue weighted by molar-refractivity contribution is 5.91. The van der Waals surface area contributed by atoms with Crippen LogP contribution in [0.3, 0.4) is 0 Å². The molecular formula is C22H25F2N3O2. The fourth-order valence-corrected chi connectivity index (χ4v) is 3.69. The SMILES string of the molecule is C[C@@H](NC(=O)C1(NC(=O)NCc2ccccc2)CCCC1)c1ccc(F)cc1F. The molecule has 3 amide bonds. The van der Waals surface area contributed by atoms with E-state index in [-0.39, 0.29) is 11.5 Å². The van der Waals surface area contributed by atoms with Gasteiger partial charge in [0.25, 0.3) is 0 Å². The second-order valence-corrected chi connectivity index (χ2v) is 7.44. The third kappa shape index (κ3) is 5.10. The first-order valence-electron chi connectivity index (χ1n) is 9.75. The van der Waals surface area contributed by atoms with Gasteiger partial charge in [-0.05, 0) is 31.4 Å². The average Bonchev–Trinajstić information content (AvgIpc) is 3.17. The van der Waals surface area contributed by atoms with Crippen molar-refractivity contribution < 1.29 is 18.4 Å². The highest BCUT2D eigenvalue weighted by Crippen LogP contribution is 2.31. The maximum atomic E-state index is 14.0. The maximum Gasteiger partial charge on any atom is 0.315 e. The molecule has 2 aromatic carbocycles. The van der Waals surface area contributed by atoms with E-state index in [1.807, 2.05) is 30.3 Å². The molecule has 2 aromatic rings. The summed E-state index contributed by atoms with van der Waals surface area (Å²) in [6.07, 6.45) is 2.64. The molecule has 0 spiro atoms. The van der Waals surface area contributed by atoms with Gasteiger partial charge in [-0.2, -0.15) is 0 Å². The highest BCUT2D eigenvalue weighted by atomic mass is 19.1. The predicted octanol–water partition coefficient (Wildman–Crippen LogP) is 3.95. The lowest BCUT2D eigenvalue weighted by molar-refractivity contribution is -0.127. The van der Waals surface area contributed by atoms with Crippen molar-refractivity contribution in [3.8, 4) is 0 Å². The Bertz CT molecular complexity index is 868. The second kappa shape index (κ2) is 9.03. The highest BCUT2D eigenvalue weighted by Gasteiger charge is 2.43. The number of rotatable bonds is 6. The minimum absolute atomic E-state index is 0.196. The van der Waals surface area contributed by atoms with Gasteiger partial charge >= 0.3 is 6.03 Å². The minimum Gasteiger partial charge on any atom is -0.347 e. The summed E-state index contributed by atoms with van der Waals surface area (Å²) in [6, 6.07) is 11.6. The van der Waals surface area contributed by atoms with Crippen LogP contribution >= 0.6 is 0 Å². The number of benzene rings is 2.